The molecule has 0 saturated carbocycles. The predicted octanol–water partition coefficient (Wildman–Crippen LogP) is 4.57. The number of methoxy groups -OCH3 is 1. The number of thioether (sulfide) groups is 1. The van der Waals surface area contributed by atoms with Gasteiger partial charge >= 0.3 is 0 Å². The summed E-state index contributed by atoms with van der Waals surface area (Å²) < 4.78 is 5.28. The maximum absolute atomic E-state index is 13.0. The molecule has 6 nitrogen and oxygen atoms in total. The fourth-order valence-electron chi connectivity index (χ4n) is 3.89. The van der Waals surface area contributed by atoms with E-state index in [0.29, 0.717) is 17.7 Å². The van der Waals surface area contributed by atoms with Crippen molar-refractivity contribution >= 4 is 35.0 Å². The molecule has 1 aliphatic rings. The number of carbonyl (C=O) groups excluding carboxylic acids is 2. The topological polar surface area (TPSA) is 70.7 Å². The van der Waals surface area contributed by atoms with E-state index in [-0.39, 0.29) is 11.8 Å². The van der Waals surface area contributed by atoms with Gasteiger partial charge in [0.05, 0.1) is 12.7 Å². The summed E-state index contributed by atoms with van der Waals surface area (Å²) in [4.78, 5) is 28.2. The molecule has 1 fully saturated rings. The number of nitrogens with one attached hydrogen (secondary N) is 2. The number of rotatable bonds is 9. The molecule has 2 aromatic carbocycles. The zero-order valence-electron chi connectivity index (χ0n) is 18.9. The second-order valence-corrected chi connectivity index (χ2v) is 8.93. The lowest BCUT2D eigenvalue weighted by Crippen LogP contribution is -2.44. The van der Waals surface area contributed by atoms with E-state index in [4.69, 9.17) is 4.74 Å². The van der Waals surface area contributed by atoms with Gasteiger partial charge in [-0.05, 0) is 67.7 Å². The standard InChI is InChI=1S/C25H33N3O3S/c1-31-23-10-6-5-9-21(23)24(29)27-22(15-18-32-2)25(30)26-19-11-13-20(14-12-19)28-16-7-3-4-8-17-28/h5-6,9-14,22H,3-4,7-8,15-18H2,1-2H3,(H,26,30)(H,27,29)/t22-/m0/s1. The zero-order valence-corrected chi connectivity index (χ0v) is 19.7. The molecule has 0 bridgehead atoms. The SMILES string of the molecule is COc1ccccc1C(=O)N[C@@H](CCSC)C(=O)Nc1ccc(N2CCCCCC2)cc1. The van der Waals surface area contributed by atoms with E-state index in [2.05, 4.69) is 27.7 Å². The summed E-state index contributed by atoms with van der Waals surface area (Å²) in [6.07, 6.45) is 7.56. The molecule has 1 atom stereocenters. The molecule has 2 N–H and O–H groups in total. The van der Waals surface area contributed by atoms with Crippen LogP contribution in [0.25, 0.3) is 0 Å². The molecule has 0 unspecified atom stereocenters. The fourth-order valence-corrected chi connectivity index (χ4v) is 4.36. The van der Waals surface area contributed by atoms with Crippen molar-refractivity contribution in [1.29, 1.82) is 0 Å². The number of anilines is 2. The first-order chi connectivity index (χ1) is 15.6. The van der Waals surface area contributed by atoms with Crippen molar-refractivity contribution in [3.63, 3.8) is 0 Å². The van der Waals surface area contributed by atoms with Crippen molar-refractivity contribution in [2.24, 2.45) is 0 Å². The minimum atomic E-state index is -0.634. The van der Waals surface area contributed by atoms with Crippen LogP contribution >= 0.6 is 11.8 Å². The Labute approximate surface area is 195 Å². The van der Waals surface area contributed by atoms with Crippen molar-refractivity contribution in [1.82, 2.24) is 5.32 Å². The number of carbonyl (C=O) groups is 2. The number of hydrogen-bond donors (Lipinski definition) is 2. The van der Waals surface area contributed by atoms with Gasteiger partial charge in [0.2, 0.25) is 5.91 Å². The van der Waals surface area contributed by atoms with Crippen LogP contribution in [-0.2, 0) is 4.79 Å². The smallest absolute Gasteiger partial charge is 0.255 e. The van der Waals surface area contributed by atoms with Crippen molar-refractivity contribution in [2.75, 3.05) is 42.4 Å². The molecule has 0 aromatic heterocycles. The lowest BCUT2D eigenvalue weighted by Gasteiger charge is -2.23. The molecule has 1 heterocycles. The van der Waals surface area contributed by atoms with Crippen molar-refractivity contribution in [2.45, 2.75) is 38.1 Å². The summed E-state index contributed by atoms with van der Waals surface area (Å²) in [6.45, 7) is 2.16. The van der Waals surface area contributed by atoms with Crippen LogP contribution in [0.3, 0.4) is 0 Å². The highest BCUT2D eigenvalue weighted by atomic mass is 32.2. The first-order valence-corrected chi connectivity index (χ1v) is 12.6. The summed E-state index contributed by atoms with van der Waals surface area (Å²) in [7, 11) is 1.53. The van der Waals surface area contributed by atoms with Crippen LogP contribution in [0.2, 0.25) is 0 Å². The minimum Gasteiger partial charge on any atom is -0.496 e. The molecule has 0 radical (unpaired) electrons. The fraction of sp³-hybridized carbons (Fsp3) is 0.440. The summed E-state index contributed by atoms with van der Waals surface area (Å²) in [6, 6.07) is 14.4. The van der Waals surface area contributed by atoms with Crippen LogP contribution in [0.15, 0.2) is 48.5 Å². The highest BCUT2D eigenvalue weighted by Crippen LogP contribution is 2.22. The lowest BCUT2D eigenvalue weighted by molar-refractivity contribution is -0.118. The zero-order chi connectivity index (χ0) is 22.8. The Bertz CT molecular complexity index is 880. The average molecular weight is 456 g/mol. The highest BCUT2D eigenvalue weighted by molar-refractivity contribution is 7.98. The summed E-state index contributed by atoms with van der Waals surface area (Å²) in [5, 5.41) is 5.85. The Morgan fingerprint density at radius 2 is 1.72 bits per heavy atom. The van der Waals surface area contributed by atoms with E-state index in [1.165, 1.54) is 38.5 Å². The van der Waals surface area contributed by atoms with Crippen molar-refractivity contribution in [3.05, 3.63) is 54.1 Å². The average Bonchev–Trinajstić information content (AvgIpc) is 3.11. The molecule has 2 amide bonds. The second kappa shape index (κ2) is 12.4. The first-order valence-electron chi connectivity index (χ1n) is 11.2. The quantitative estimate of drug-likeness (QED) is 0.580. The van der Waals surface area contributed by atoms with Crippen LogP contribution in [0.5, 0.6) is 5.75 Å². The van der Waals surface area contributed by atoms with E-state index in [0.717, 1.165) is 24.5 Å². The van der Waals surface area contributed by atoms with Gasteiger partial charge in [0.25, 0.3) is 5.91 Å². The third-order valence-corrected chi connectivity index (χ3v) is 6.33. The Morgan fingerprint density at radius 1 is 1.03 bits per heavy atom. The van der Waals surface area contributed by atoms with Crippen LogP contribution in [0.1, 0.15) is 42.5 Å². The molecule has 3 rings (SSSR count). The van der Waals surface area contributed by atoms with Gasteiger partial charge < -0.3 is 20.3 Å². The maximum Gasteiger partial charge on any atom is 0.255 e. The van der Waals surface area contributed by atoms with Gasteiger partial charge in [-0.1, -0.05) is 25.0 Å². The number of hydrogen-bond acceptors (Lipinski definition) is 5. The Balaban J connectivity index is 1.65. The molecule has 1 aliphatic heterocycles. The van der Waals surface area contributed by atoms with Crippen LogP contribution in [0.4, 0.5) is 11.4 Å². The van der Waals surface area contributed by atoms with Crippen LogP contribution in [-0.4, -0.2) is 50.1 Å². The largest absolute Gasteiger partial charge is 0.496 e. The van der Waals surface area contributed by atoms with E-state index >= 15 is 0 Å². The third-order valence-electron chi connectivity index (χ3n) is 5.69. The molecule has 7 heteroatoms. The van der Waals surface area contributed by atoms with Gasteiger partial charge in [-0.15, -0.1) is 0 Å². The number of nitrogens with zero attached hydrogens (tertiary/aromatic N) is 1. The number of ether oxygens (including phenoxy) is 1. The van der Waals surface area contributed by atoms with Crippen molar-refractivity contribution in [3.8, 4) is 5.75 Å². The minimum absolute atomic E-state index is 0.218. The van der Waals surface area contributed by atoms with Crippen molar-refractivity contribution < 1.29 is 14.3 Å². The molecule has 2 aromatic rings. The molecular formula is C25H33N3O3S. The molecule has 1 saturated heterocycles. The molecular weight excluding hydrogens is 422 g/mol. The maximum atomic E-state index is 13.0. The Hall–Kier alpha value is -2.67. The van der Waals surface area contributed by atoms with Crippen LogP contribution < -0.4 is 20.3 Å². The lowest BCUT2D eigenvalue weighted by atomic mass is 10.1. The number of amides is 2. The Morgan fingerprint density at radius 3 is 2.38 bits per heavy atom. The van der Waals surface area contributed by atoms with Gasteiger partial charge in [0, 0.05) is 24.5 Å². The summed E-state index contributed by atoms with van der Waals surface area (Å²) in [5.41, 5.74) is 2.33. The summed E-state index contributed by atoms with van der Waals surface area (Å²) in [5.74, 6) is 0.709. The van der Waals surface area contributed by atoms with Gasteiger partial charge in [-0.2, -0.15) is 11.8 Å². The van der Waals surface area contributed by atoms with Gasteiger partial charge in [0.1, 0.15) is 11.8 Å². The number of para-hydroxylation sites is 1. The van der Waals surface area contributed by atoms with Crippen LogP contribution in [0, 0.1) is 0 Å². The van der Waals surface area contributed by atoms with E-state index in [1.807, 2.05) is 24.5 Å². The first kappa shape index (κ1) is 24.0. The number of benzene rings is 2. The highest BCUT2D eigenvalue weighted by Gasteiger charge is 2.23. The van der Waals surface area contributed by atoms with E-state index in [9.17, 15) is 9.59 Å². The van der Waals surface area contributed by atoms with Gasteiger partial charge in [0.15, 0.2) is 0 Å². The molecule has 172 valence electrons. The molecule has 0 aliphatic carbocycles. The third kappa shape index (κ3) is 6.66. The molecule has 32 heavy (non-hydrogen) atoms. The van der Waals surface area contributed by atoms with Gasteiger partial charge in [-0.25, -0.2) is 0 Å². The molecule has 0 spiro atoms. The predicted molar refractivity (Wildman–Crippen MR) is 133 cm³/mol. The van der Waals surface area contributed by atoms with E-state index in [1.54, 1.807) is 30.0 Å². The monoisotopic (exact) mass is 455 g/mol. The normalized spacial score (nSPS) is 14.9. The Kier molecular flexibility index (Phi) is 9.28. The van der Waals surface area contributed by atoms with Gasteiger partial charge in [-0.3, -0.25) is 9.59 Å². The second-order valence-electron chi connectivity index (χ2n) is 7.95. The van der Waals surface area contributed by atoms with E-state index < -0.39 is 6.04 Å². The summed E-state index contributed by atoms with van der Waals surface area (Å²) >= 11 is 1.64.